The van der Waals surface area contributed by atoms with Crippen molar-refractivity contribution < 1.29 is 19.0 Å². The number of benzene rings is 1. The van der Waals surface area contributed by atoms with Gasteiger partial charge in [-0.2, -0.15) is 0 Å². The Balaban J connectivity index is 1.73. The minimum atomic E-state index is -0.210. The highest BCUT2D eigenvalue weighted by Gasteiger charge is 2.31. The minimum Gasteiger partial charge on any atom is -0.494 e. The summed E-state index contributed by atoms with van der Waals surface area (Å²) in [6.07, 6.45) is 15.8. The van der Waals surface area contributed by atoms with Crippen LogP contribution in [0.2, 0.25) is 0 Å². The number of hydrogen-bond donors (Lipinski definition) is 0. The number of fused-ring (bicyclic) bond motifs is 1. The number of hydrogen-bond acceptors (Lipinski definition) is 4. The van der Waals surface area contributed by atoms with Crippen molar-refractivity contribution in [3.8, 4) is 11.5 Å². The summed E-state index contributed by atoms with van der Waals surface area (Å²) >= 11 is 0. The van der Waals surface area contributed by atoms with E-state index in [2.05, 4.69) is 52.0 Å². The van der Waals surface area contributed by atoms with E-state index in [4.69, 9.17) is 14.2 Å². The standard InChI is InChI=1S/C31H46O4/c1-7-22-34-28-17-18-29-27(23-28)19-21-31(6,35-29)20-11-15-25(4)13-9-12-24(3)14-10-16-26(5)30(32)33-8-2/h12,15-18,23H,7-11,13-14,19-22H2,1-6H3/b24-12+,25-15+,26-16+. The average Bonchev–Trinajstić information content (AvgIpc) is 2.82. The van der Waals surface area contributed by atoms with Crippen LogP contribution < -0.4 is 9.47 Å². The molecule has 0 fully saturated rings. The first-order valence-electron chi connectivity index (χ1n) is 13.4. The quantitative estimate of drug-likeness (QED) is 0.152. The molecule has 4 heteroatoms. The molecule has 194 valence electrons. The molecule has 0 bridgehead atoms. The number of rotatable bonds is 14. The van der Waals surface area contributed by atoms with E-state index in [-0.39, 0.29) is 11.6 Å². The third-order valence-corrected chi connectivity index (χ3v) is 6.57. The van der Waals surface area contributed by atoms with Gasteiger partial charge in [-0.15, -0.1) is 0 Å². The Morgan fingerprint density at radius 3 is 2.40 bits per heavy atom. The molecule has 0 saturated heterocycles. The van der Waals surface area contributed by atoms with Gasteiger partial charge in [-0.25, -0.2) is 4.79 Å². The van der Waals surface area contributed by atoms with E-state index in [1.807, 2.05) is 26.0 Å². The molecule has 1 heterocycles. The number of aryl methyl sites for hydroxylation is 1. The second-order valence-electron chi connectivity index (χ2n) is 9.99. The lowest BCUT2D eigenvalue weighted by atomic mass is 9.88. The van der Waals surface area contributed by atoms with Crippen LogP contribution in [-0.4, -0.2) is 24.8 Å². The van der Waals surface area contributed by atoms with Crippen molar-refractivity contribution in [2.24, 2.45) is 0 Å². The van der Waals surface area contributed by atoms with Gasteiger partial charge in [0.05, 0.1) is 13.2 Å². The number of allylic oxidation sites excluding steroid dienone is 5. The van der Waals surface area contributed by atoms with E-state index in [0.717, 1.165) is 75.9 Å². The van der Waals surface area contributed by atoms with Gasteiger partial charge in [0.15, 0.2) is 0 Å². The van der Waals surface area contributed by atoms with Gasteiger partial charge in [0.25, 0.3) is 0 Å². The van der Waals surface area contributed by atoms with Crippen LogP contribution in [0.1, 0.15) is 98.5 Å². The third kappa shape index (κ3) is 10.3. The first-order chi connectivity index (χ1) is 16.8. The van der Waals surface area contributed by atoms with E-state index in [1.165, 1.54) is 16.7 Å². The van der Waals surface area contributed by atoms with Crippen molar-refractivity contribution in [3.63, 3.8) is 0 Å². The Labute approximate surface area is 213 Å². The van der Waals surface area contributed by atoms with Crippen LogP contribution in [0.5, 0.6) is 11.5 Å². The molecule has 1 aliphatic heterocycles. The number of carbonyl (C=O) groups excluding carboxylic acids is 1. The van der Waals surface area contributed by atoms with E-state index >= 15 is 0 Å². The summed E-state index contributed by atoms with van der Waals surface area (Å²) in [6, 6.07) is 6.24. The molecule has 2 rings (SSSR count). The first kappa shape index (κ1) is 28.7. The van der Waals surface area contributed by atoms with Crippen molar-refractivity contribution >= 4 is 5.97 Å². The summed E-state index contributed by atoms with van der Waals surface area (Å²) in [5.74, 6) is 1.75. The molecule has 0 amide bonds. The van der Waals surface area contributed by atoms with E-state index in [1.54, 1.807) is 0 Å². The monoisotopic (exact) mass is 482 g/mol. The molecule has 0 radical (unpaired) electrons. The van der Waals surface area contributed by atoms with Gasteiger partial charge in [-0.3, -0.25) is 0 Å². The average molecular weight is 483 g/mol. The Kier molecular flexibility index (Phi) is 12.2. The highest BCUT2D eigenvalue weighted by atomic mass is 16.5. The summed E-state index contributed by atoms with van der Waals surface area (Å²) < 4.78 is 17.2. The maximum atomic E-state index is 11.6. The Hall–Kier alpha value is -2.49. The van der Waals surface area contributed by atoms with Crippen molar-refractivity contribution in [2.75, 3.05) is 13.2 Å². The molecular weight excluding hydrogens is 436 g/mol. The van der Waals surface area contributed by atoms with Crippen molar-refractivity contribution in [2.45, 2.75) is 105 Å². The van der Waals surface area contributed by atoms with Gasteiger partial charge >= 0.3 is 5.97 Å². The van der Waals surface area contributed by atoms with Gasteiger partial charge in [0.1, 0.15) is 17.1 Å². The van der Waals surface area contributed by atoms with Crippen molar-refractivity contribution in [1.82, 2.24) is 0 Å². The lowest BCUT2D eigenvalue weighted by molar-refractivity contribution is -0.138. The SMILES string of the molecule is CCCOc1ccc2c(c1)CCC(C)(CC/C=C(\C)CC/C=C(\C)CC/C=C(\C)C(=O)OCC)O2. The lowest BCUT2D eigenvalue weighted by Gasteiger charge is -2.36. The number of ether oxygens (including phenoxy) is 3. The summed E-state index contributed by atoms with van der Waals surface area (Å²) in [4.78, 5) is 11.6. The van der Waals surface area contributed by atoms with Crippen LogP contribution in [0.15, 0.2) is 53.1 Å². The second kappa shape index (κ2) is 14.8. The summed E-state index contributed by atoms with van der Waals surface area (Å²) in [7, 11) is 0. The molecule has 0 aliphatic carbocycles. The van der Waals surface area contributed by atoms with Gasteiger partial charge in [0, 0.05) is 5.57 Å². The third-order valence-electron chi connectivity index (χ3n) is 6.57. The van der Waals surface area contributed by atoms with Crippen LogP contribution in [0.4, 0.5) is 0 Å². The van der Waals surface area contributed by atoms with Gasteiger partial charge in [-0.1, -0.05) is 36.3 Å². The van der Waals surface area contributed by atoms with E-state index < -0.39 is 0 Å². The molecule has 0 aromatic heterocycles. The fraction of sp³-hybridized carbons (Fsp3) is 0.581. The fourth-order valence-electron chi connectivity index (χ4n) is 4.27. The molecule has 0 saturated carbocycles. The topological polar surface area (TPSA) is 44.8 Å². The summed E-state index contributed by atoms with van der Waals surface area (Å²) in [5, 5.41) is 0. The zero-order chi connectivity index (χ0) is 25.7. The molecule has 1 aliphatic rings. The molecular formula is C31H46O4. The fourth-order valence-corrected chi connectivity index (χ4v) is 4.27. The smallest absolute Gasteiger partial charge is 0.333 e. The largest absolute Gasteiger partial charge is 0.494 e. The molecule has 1 aromatic rings. The van der Waals surface area contributed by atoms with Gasteiger partial charge in [-0.05, 0) is 116 Å². The molecule has 4 nitrogen and oxygen atoms in total. The van der Waals surface area contributed by atoms with Gasteiger partial charge in [0.2, 0.25) is 0 Å². The minimum absolute atomic E-state index is 0.110. The molecule has 1 unspecified atom stereocenters. The molecule has 1 atom stereocenters. The highest BCUT2D eigenvalue weighted by Crippen LogP contribution is 2.37. The predicted molar refractivity (Wildman–Crippen MR) is 145 cm³/mol. The van der Waals surface area contributed by atoms with Crippen LogP contribution >= 0.6 is 0 Å². The number of carbonyl (C=O) groups is 1. The van der Waals surface area contributed by atoms with Crippen LogP contribution in [0, 0.1) is 0 Å². The van der Waals surface area contributed by atoms with Crippen LogP contribution in [0.25, 0.3) is 0 Å². The molecule has 0 spiro atoms. The van der Waals surface area contributed by atoms with Gasteiger partial charge < -0.3 is 14.2 Å². The highest BCUT2D eigenvalue weighted by molar-refractivity contribution is 5.87. The van der Waals surface area contributed by atoms with Crippen molar-refractivity contribution in [3.05, 3.63) is 58.7 Å². The Bertz CT molecular complexity index is 909. The summed E-state index contributed by atoms with van der Waals surface area (Å²) in [5.41, 5.74) is 4.65. The normalized spacial score (nSPS) is 18.6. The van der Waals surface area contributed by atoms with Crippen LogP contribution in [-0.2, 0) is 16.0 Å². The van der Waals surface area contributed by atoms with E-state index in [0.29, 0.717) is 12.2 Å². The Morgan fingerprint density at radius 1 is 1.03 bits per heavy atom. The zero-order valence-electron chi connectivity index (χ0n) is 22.9. The Morgan fingerprint density at radius 2 is 1.71 bits per heavy atom. The maximum absolute atomic E-state index is 11.6. The van der Waals surface area contributed by atoms with Crippen LogP contribution in [0.3, 0.4) is 0 Å². The first-order valence-corrected chi connectivity index (χ1v) is 13.4. The predicted octanol–water partition coefficient (Wildman–Crippen LogP) is 8.30. The maximum Gasteiger partial charge on any atom is 0.333 e. The molecule has 35 heavy (non-hydrogen) atoms. The zero-order valence-corrected chi connectivity index (χ0v) is 22.9. The summed E-state index contributed by atoms with van der Waals surface area (Å²) in [6.45, 7) is 13.6. The molecule has 0 N–H and O–H groups in total. The van der Waals surface area contributed by atoms with Crippen molar-refractivity contribution in [1.29, 1.82) is 0 Å². The number of esters is 1. The molecule has 1 aromatic carbocycles. The second-order valence-corrected chi connectivity index (χ2v) is 9.99. The van der Waals surface area contributed by atoms with E-state index in [9.17, 15) is 4.79 Å². The lowest BCUT2D eigenvalue weighted by Crippen LogP contribution is -2.36.